The normalized spacial score (nSPS) is 15.5. The Labute approximate surface area is 74.3 Å². The number of azide groups is 1. The standard InChI is InChI=1S/C6H9N5O2/c7-10-9-2-1-3-11-5(12)4-8-6(11)13/h1-4H2,(H,8,13). The Kier molecular flexibility index (Phi) is 3.10. The Morgan fingerprint density at radius 1 is 1.62 bits per heavy atom. The van der Waals surface area contributed by atoms with Crippen molar-refractivity contribution in [2.75, 3.05) is 19.6 Å². The molecule has 0 saturated carbocycles. The second-order valence-electron chi connectivity index (χ2n) is 2.51. The maximum atomic E-state index is 11.0. The summed E-state index contributed by atoms with van der Waals surface area (Å²) in [5.74, 6) is -0.231. The summed E-state index contributed by atoms with van der Waals surface area (Å²) in [7, 11) is 0. The van der Waals surface area contributed by atoms with Crippen molar-refractivity contribution in [3.63, 3.8) is 0 Å². The molecule has 1 N–H and O–H groups in total. The van der Waals surface area contributed by atoms with Gasteiger partial charge in [-0.1, -0.05) is 5.11 Å². The quantitative estimate of drug-likeness (QED) is 0.222. The third-order valence-electron chi connectivity index (χ3n) is 1.64. The molecule has 1 saturated heterocycles. The molecule has 70 valence electrons. The average Bonchev–Trinajstić information content (AvgIpc) is 2.42. The number of nitrogens with zero attached hydrogens (tertiary/aromatic N) is 4. The van der Waals surface area contributed by atoms with E-state index in [9.17, 15) is 9.59 Å². The number of rotatable bonds is 4. The number of nitrogens with one attached hydrogen (secondary N) is 1. The van der Waals surface area contributed by atoms with Crippen LogP contribution in [0, 0.1) is 0 Å². The van der Waals surface area contributed by atoms with Crippen molar-refractivity contribution in [3.05, 3.63) is 10.4 Å². The molecule has 3 amide bonds. The van der Waals surface area contributed by atoms with Gasteiger partial charge in [-0.05, 0) is 12.0 Å². The van der Waals surface area contributed by atoms with Gasteiger partial charge in [0.05, 0.1) is 6.54 Å². The number of carbonyl (C=O) groups excluding carboxylic acids is 2. The third-order valence-corrected chi connectivity index (χ3v) is 1.64. The second kappa shape index (κ2) is 4.32. The van der Waals surface area contributed by atoms with E-state index in [1.807, 2.05) is 0 Å². The van der Waals surface area contributed by atoms with Gasteiger partial charge in [0.15, 0.2) is 0 Å². The van der Waals surface area contributed by atoms with Gasteiger partial charge in [-0.25, -0.2) is 4.79 Å². The zero-order valence-corrected chi connectivity index (χ0v) is 6.93. The molecular weight excluding hydrogens is 174 g/mol. The monoisotopic (exact) mass is 183 g/mol. The Morgan fingerprint density at radius 2 is 2.38 bits per heavy atom. The molecule has 0 radical (unpaired) electrons. The molecule has 0 unspecified atom stereocenters. The van der Waals surface area contributed by atoms with Crippen LogP contribution in [0.1, 0.15) is 6.42 Å². The maximum Gasteiger partial charge on any atom is 0.324 e. The van der Waals surface area contributed by atoms with Gasteiger partial charge in [0.2, 0.25) is 5.91 Å². The van der Waals surface area contributed by atoms with Crippen molar-refractivity contribution in [1.29, 1.82) is 0 Å². The van der Waals surface area contributed by atoms with Crippen molar-refractivity contribution in [1.82, 2.24) is 10.2 Å². The minimum absolute atomic E-state index is 0.0698. The zero-order valence-electron chi connectivity index (χ0n) is 6.93. The molecule has 0 aliphatic carbocycles. The predicted molar refractivity (Wildman–Crippen MR) is 43.7 cm³/mol. The molecule has 1 aliphatic heterocycles. The van der Waals surface area contributed by atoms with Gasteiger partial charge in [-0.2, -0.15) is 0 Å². The van der Waals surface area contributed by atoms with Crippen LogP contribution in [-0.2, 0) is 4.79 Å². The number of carbonyl (C=O) groups is 2. The fraction of sp³-hybridized carbons (Fsp3) is 0.667. The van der Waals surface area contributed by atoms with Crippen LogP contribution in [0.25, 0.3) is 10.4 Å². The number of amides is 3. The molecule has 0 aromatic rings. The summed E-state index contributed by atoms with van der Waals surface area (Å²) in [5.41, 5.74) is 7.96. The second-order valence-corrected chi connectivity index (χ2v) is 2.51. The van der Waals surface area contributed by atoms with Crippen molar-refractivity contribution >= 4 is 11.9 Å². The molecule has 7 heteroatoms. The molecule has 0 spiro atoms. The van der Waals surface area contributed by atoms with E-state index in [1.54, 1.807) is 0 Å². The topological polar surface area (TPSA) is 98.2 Å². The Balaban J connectivity index is 2.31. The summed E-state index contributed by atoms with van der Waals surface area (Å²) < 4.78 is 0. The van der Waals surface area contributed by atoms with Gasteiger partial charge < -0.3 is 5.32 Å². The molecule has 1 fully saturated rings. The van der Waals surface area contributed by atoms with Crippen LogP contribution >= 0.6 is 0 Å². The Bertz CT molecular complexity index is 254. The summed E-state index contributed by atoms with van der Waals surface area (Å²) >= 11 is 0. The van der Waals surface area contributed by atoms with Crippen LogP contribution in [0.2, 0.25) is 0 Å². The minimum atomic E-state index is -0.370. The highest BCUT2D eigenvalue weighted by atomic mass is 16.2. The van der Waals surface area contributed by atoms with Crippen molar-refractivity contribution in [2.45, 2.75) is 6.42 Å². The highest BCUT2D eigenvalue weighted by Crippen LogP contribution is 1.99. The fourth-order valence-electron chi connectivity index (χ4n) is 1.03. The number of hydrogen-bond donors (Lipinski definition) is 1. The van der Waals surface area contributed by atoms with E-state index < -0.39 is 0 Å². The molecule has 1 rings (SSSR count). The molecular formula is C6H9N5O2. The van der Waals surface area contributed by atoms with Gasteiger partial charge in [0.25, 0.3) is 0 Å². The average molecular weight is 183 g/mol. The molecule has 0 bridgehead atoms. The number of imide groups is 1. The highest BCUT2D eigenvalue weighted by molar-refractivity contribution is 6.01. The summed E-state index contributed by atoms with van der Waals surface area (Å²) in [4.78, 5) is 25.6. The molecule has 7 nitrogen and oxygen atoms in total. The first-order valence-corrected chi connectivity index (χ1v) is 3.85. The smallest absolute Gasteiger partial charge is 0.324 e. The molecule has 0 atom stereocenters. The maximum absolute atomic E-state index is 11.0. The molecule has 13 heavy (non-hydrogen) atoms. The Hall–Kier alpha value is -1.75. The summed E-state index contributed by atoms with van der Waals surface area (Å²) in [6.07, 6.45) is 0.503. The van der Waals surface area contributed by atoms with Gasteiger partial charge in [-0.15, -0.1) is 0 Å². The van der Waals surface area contributed by atoms with Crippen molar-refractivity contribution in [2.24, 2.45) is 5.11 Å². The van der Waals surface area contributed by atoms with Crippen LogP contribution in [0.3, 0.4) is 0 Å². The first-order chi connectivity index (χ1) is 6.25. The summed E-state index contributed by atoms with van der Waals surface area (Å²) in [6.45, 7) is 0.678. The van der Waals surface area contributed by atoms with Crippen molar-refractivity contribution in [3.8, 4) is 0 Å². The molecule has 1 heterocycles. The van der Waals surface area contributed by atoms with E-state index in [4.69, 9.17) is 5.53 Å². The lowest BCUT2D eigenvalue weighted by molar-refractivity contribution is -0.124. The first kappa shape index (κ1) is 9.34. The van der Waals surface area contributed by atoms with E-state index in [0.717, 1.165) is 4.90 Å². The SMILES string of the molecule is [N-]=[N+]=NCCCN1C(=O)CNC1=O. The highest BCUT2D eigenvalue weighted by Gasteiger charge is 2.27. The van der Waals surface area contributed by atoms with Crippen LogP contribution < -0.4 is 5.32 Å². The van der Waals surface area contributed by atoms with Gasteiger partial charge in [0.1, 0.15) is 0 Å². The minimum Gasteiger partial charge on any atom is -0.329 e. The molecule has 1 aliphatic rings. The van der Waals surface area contributed by atoms with E-state index in [-0.39, 0.29) is 18.5 Å². The molecule has 0 aromatic carbocycles. The van der Waals surface area contributed by atoms with E-state index in [1.165, 1.54) is 0 Å². The van der Waals surface area contributed by atoms with Crippen LogP contribution in [0.15, 0.2) is 5.11 Å². The van der Waals surface area contributed by atoms with Crippen LogP contribution in [-0.4, -0.2) is 36.5 Å². The van der Waals surface area contributed by atoms with Crippen LogP contribution in [0.4, 0.5) is 4.79 Å². The number of hydrogen-bond acceptors (Lipinski definition) is 3. The summed E-state index contributed by atoms with van der Waals surface area (Å²) in [5, 5.41) is 5.69. The number of urea groups is 1. The van der Waals surface area contributed by atoms with Gasteiger partial charge in [0, 0.05) is 18.0 Å². The Morgan fingerprint density at radius 3 is 2.92 bits per heavy atom. The lowest BCUT2D eigenvalue weighted by Gasteiger charge is -2.10. The zero-order chi connectivity index (χ0) is 9.68. The fourth-order valence-corrected chi connectivity index (χ4v) is 1.03. The van der Waals surface area contributed by atoms with E-state index in [0.29, 0.717) is 19.5 Å². The lowest BCUT2D eigenvalue weighted by Crippen LogP contribution is -2.32. The first-order valence-electron chi connectivity index (χ1n) is 3.85. The largest absolute Gasteiger partial charge is 0.329 e. The molecule has 0 aromatic heterocycles. The predicted octanol–water partition coefficient (Wildman–Crippen LogP) is 0.239. The summed E-state index contributed by atoms with van der Waals surface area (Å²) in [6, 6.07) is -0.370. The van der Waals surface area contributed by atoms with E-state index in [2.05, 4.69) is 15.3 Å². The van der Waals surface area contributed by atoms with Crippen LogP contribution in [0.5, 0.6) is 0 Å². The van der Waals surface area contributed by atoms with Crippen molar-refractivity contribution < 1.29 is 9.59 Å². The van der Waals surface area contributed by atoms with Gasteiger partial charge >= 0.3 is 6.03 Å². The van der Waals surface area contributed by atoms with Gasteiger partial charge in [-0.3, -0.25) is 9.69 Å². The van der Waals surface area contributed by atoms with E-state index >= 15 is 0 Å². The lowest BCUT2D eigenvalue weighted by atomic mass is 10.4. The third kappa shape index (κ3) is 2.34.